The monoisotopic (exact) mass is 263 g/mol. The predicted octanol–water partition coefficient (Wildman–Crippen LogP) is 3.00. The number of para-hydroxylation sites is 1. The van der Waals surface area contributed by atoms with Crippen LogP contribution < -0.4 is 10.1 Å². The number of nitrogens with one attached hydrogen (secondary N) is 1. The molecule has 2 unspecified atom stereocenters. The van der Waals surface area contributed by atoms with Gasteiger partial charge in [-0.05, 0) is 32.0 Å². The highest BCUT2D eigenvalue weighted by molar-refractivity contribution is 5.20. The minimum atomic E-state index is 0.385. The van der Waals surface area contributed by atoms with Crippen molar-refractivity contribution in [2.24, 2.45) is 0 Å². The van der Waals surface area contributed by atoms with Crippen LogP contribution in [-0.4, -0.2) is 32.4 Å². The molecular formula is C16H25NO2. The first kappa shape index (κ1) is 14.4. The molecule has 19 heavy (non-hydrogen) atoms. The molecule has 106 valence electrons. The van der Waals surface area contributed by atoms with E-state index < -0.39 is 0 Å². The molecule has 1 aliphatic rings. The Morgan fingerprint density at radius 3 is 2.68 bits per heavy atom. The van der Waals surface area contributed by atoms with Crippen LogP contribution in [0.3, 0.4) is 0 Å². The summed E-state index contributed by atoms with van der Waals surface area (Å²) in [4.78, 5) is 0. The molecule has 0 aliphatic heterocycles. The van der Waals surface area contributed by atoms with Gasteiger partial charge in [0.1, 0.15) is 5.75 Å². The van der Waals surface area contributed by atoms with Crippen molar-refractivity contribution in [1.29, 1.82) is 0 Å². The van der Waals surface area contributed by atoms with Gasteiger partial charge in [0, 0.05) is 12.5 Å². The number of benzene rings is 1. The van der Waals surface area contributed by atoms with E-state index in [1.807, 2.05) is 37.4 Å². The molecule has 0 heterocycles. The second-order valence-corrected chi connectivity index (χ2v) is 5.10. The third kappa shape index (κ3) is 4.84. The highest BCUT2D eigenvalue weighted by atomic mass is 16.5. The van der Waals surface area contributed by atoms with Crippen molar-refractivity contribution in [3.8, 4) is 5.75 Å². The summed E-state index contributed by atoms with van der Waals surface area (Å²) in [7, 11) is 2.03. The van der Waals surface area contributed by atoms with Crippen LogP contribution in [0.5, 0.6) is 5.75 Å². The topological polar surface area (TPSA) is 30.5 Å². The third-order valence-electron chi connectivity index (χ3n) is 3.71. The van der Waals surface area contributed by atoms with Crippen LogP contribution in [0.2, 0.25) is 0 Å². The molecule has 1 N–H and O–H groups in total. The Hall–Kier alpha value is -1.06. The van der Waals surface area contributed by atoms with Gasteiger partial charge in [-0.15, -0.1) is 0 Å². The fourth-order valence-electron chi connectivity index (χ4n) is 2.63. The minimum Gasteiger partial charge on any atom is -0.494 e. The number of rotatable bonds is 7. The number of ether oxygens (including phenoxy) is 2. The number of hydrogen-bond donors (Lipinski definition) is 1. The molecule has 2 atom stereocenters. The summed E-state index contributed by atoms with van der Waals surface area (Å²) in [6.45, 7) is 1.51. The van der Waals surface area contributed by atoms with E-state index in [1.54, 1.807) is 0 Å². The molecule has 0 amide bonds. The van der Waals surface area contributed by atoms with Crippen LogP contribution in [0.25, 0.3) is 0 Å². The van der Waals surface area contributed by atoms with Crippen LogP contribution in [0, 0.1) is 0 Å². The fourth-order valence-corrected chi connectivity index (χ4v) is 2.63. The molecule has 3 heteroatoms. The largest absolute Gasteiger partial charge is 0.494 e. The molecule has 1 aliphatic carbocycles. The van der Waals surface area contributed by atoms with Crippen LogP contribution in [0.15, 0.2) is 30.3 Å². The quantitative estimate of drug-likeness (QED) is 0.767. The van der Waals surface area contributed by atoms with Crippen LogP contribution in [-0.2, 0) is 4.74 Å². The molecule has 2 rings (SSSR count). The molecule has 1 saturated carbocycles. The second-order valence-electron chi connectivity index (χ2n) is 5.10. The van der Waals surface area contributed by atoms with Crippen LogP contribution in [0.4, 0.5) is 0 Å². The minimum absolute atomic E-state index is 0.385. The van der Waals surface area contributed by atoms with E-state index in [2.05, 4.69) is 5.32 Å². The van der Waals surface area contributed by atoms with Crippen molar-refractivity contribution in [1.82, 2.24) is 5.32 Å². The first-order chi connectivity index (χ1) is 9.40. The zero-order valence-electron chi connectivity index (χ0n) is 11.8. The maximum Gasteiger partial charge on any atom is 0.119 e. The molecule has 3 nitrogen and oxygen atoms in total. The molecule has 0 saturated heterocycles. The van der Waals surface area contributed by atoms with E-state index in [-0.39, 0.29) is 0 Å². The van der Waals surface area contributed by atoms with Gasteiger partial charge in [-0.3, -0.25) is 0 Å². The molecule has 0 bridgehead atoms. The average molecular weight is 263 g/mol. The lowest BCUT2D eigenvalue weighted by molar-refractivity contribution is 0.00245. The lowest BCUT2D eigenvalue weighted by atomic mass is 9.92. The molecule has 1 aromatic rings. The Balaban J connectivity index is 1.58. The highest BCUT2D eigenvalue weighted by Crippen LogP contribution is 2.21. The van der Waals surface area contributed by atoms with Gasteiger partial charge in [-0.25, -0.2) is 0 Å². The molecule has 1 fully saturated rings. The summed E-state index contributed by atoms with van der Waals surface area (Å²) < 4.78 is 11.6. The normalized spacial score (nSPS) is 23.2. The first-order valence-corrected chi connectivity index (χ1v) is 7.37. The van der Waals surface area contributed by atoms with E-state index >= 15 is 0 Å². The van der Waals surface area contributed by atoms with Crippen molar-refractivity contribution >= 4 is 0 Å². The molecule has 1 aromatic carbocycles. The van der Waals surface area contributed by atoms with E-state index in [0.717, 1.165) is 25.4 Å². The average Bonchev–Trinajstić information content (AvgIpc) is 2.48. The molecule has 0 aromatic heterocycles. The van der Waals surface area contributed by atoms with Gasteiger partial charge in [0.25, 0.3) is 0 Å². The summed E-state index contributed by atoms with van der Waals surface area (Å²) in [5.74, 6) is 0.938. The lowest BCUT2D eigenvalue weighted by Gasteiger charge is -2.31. The van der Waals surface area contributed by atoms with Gasteiger partial charge in [0.2, 0.25) is 0 Å². The Labute approximate surface area is 116 Å². The summed E-state index contributed by atoms with van der Waals surface area (Å²) in [5, 5.41) is 3.36. The van der Waals surface area contributed by atoms with Gasteiger partial charge in [-0.2, -0.15) is 0 Å². The zero-order chi connectivity index (χ0) is 13.3. The smallest absolute Gasteiger partial charge is 0.119 e. The maximum atomic E-state index is 5.98. The molecular weight excluding hydrogens is 238 g/mol. The van der Waals surface area contributed by atoms with Crippen molar-refractivity contribution in [2.75, 3.05) is 20.3 Å². The highest BCUT2D eigenvalue weighted by Gasteiger charge is 2.23. The maximum absolute atomic E-state index is 5.98. The van der Waals surface area contributed by atoms with Crippen molar-refractivity contribution < 1.29 is 9.47 Å². The van der Waals surface area contributed by atoms with Gasteiger partial charge >= 0.3 is 0 Å². The number of likely N-dealkylation sites (N-methyl/N-ethyl adjacent to an activating group) is 1. The summed E-state index contributed by atoms with van der Waals surface area (Å²) in [6, 6.07) is 10.5. The fraction of sp³-hybridized carbons (Fsp3) is 0.625. The predicted molar refractivity (Wildman–Crippen MR) is 77.6 cm³/mol. The van der Waals surface area contributed by atoms with Gasteiger partial charge in [-0.1, -0.05) is 31.0 Å². The van der Waals surface area contributed by atoms with Crippen molar-refractivity contribution in [3.63, 3.8) is 0 Å². The zero-order valence-corrected chi connectivity index (χ0v) is 11.8. The summed E-state index contributed by atoms with van der Waals surface area (Å²) in [5.41, 5.74) is 0. The lowest BCUT2D eigenvalue weighted by Crippen LogP contribution is -2.41. The Bertz CT molecular complexity index is 342. The van der Waals surface area contributed by atoms with Gasteiger partial charge < -0.3 is 14.8 Å². The van der Waals surface area contributed by atoms with Gasteiger partial charge in [0.15, 0.2) is 0 Å². The van der Waals surface area contributed by atoms with Crippen molar-refractivity contribution in [3.05, 3.63) is 30.3 Å². The van der Waals surface area contributed by atoms with Gasteiger partial charge in [0.05, 0.1) is 19.3 Å². The molecule has 0 radical (unpaired) electrons. The van der Waals surface area contributed by atoms with E-state index in [9.17, 15) is 0 Å². The Morgan fingerprint density at radius 2 is 1.89 bits per heavy atom. The van der Waals surface area contributed by atoms with E-state index in [0.29, 0.717) is 12.1 Å². The number of hydrogen-bond acceptors (Lipinski definition) is 3. The third-order valence-corrected chi connectivity index (χ3v) is 3.71. The summed E-state index contributed by atoms with van der Waals surface area (Å²) >= 11 is 0. The second kappa shape index (κ2) is 8.18. The summed E-state index contributed by atoms with van der Waals surface area (Å²) in [6.07, 6.45) is 6.37. The first-order valence-electron chi connectivity index (χ1n) is 7.37. The Morgan fingerprint density at radius 1 is 1.11 bits per heavy atom. The SMILES string of the molecule is CNC1CCCCC1OCCCOc1ccccc1. The van der Waals surface area contributed by atoms with E-state index in [1.165, 1.54) is 25.7 Å². The molecule has 0 spiro atoms. The standard InChI is InChI=1S/C16H25NO2/c1-17-15-10-5-6-11-16(15)19-13-7-12-18-14-8-3-2-4-9-14/h2-4,8-9,15-17H,5-7,10-13H2,1H3. The van der Waals surface area contributed by atoms with Crippen LogP contribution in [0.1, 0.15) is 32.1 Å². The van der Waals surface area contributed by atoms with Crippen LogP contribution >= 0.6 is 0 Å². The Kier molecular flexibility index (Phi) is 6.18. The van der Waals surface area contributed by atoms with Crippen molar-refractivity contribution in [2.45, 2.75) is 44.2 Å². The van der Waals surface area contributed by atoms with E-state index in [4.69, 9.17) is 9.47 Å².